The van der Waals surface area contributed by atoms with Crippen LogP contribution in [0.5, 0.6) is 17.2 Å². The Hall–Kier alpha value is -2.74. The van der Waals surface area contributed by atoms with Crippen molar-refractivity contribution in [1.82, 2.24) is 15.0 Å². The van der Waals surface area contributed by atoms with Crippen LogP contribution in [0.2, 0.25) is 0 Å². The molecule has 0 amide bonds. The number of ketones is 1. The van der Waals surface area contributed by atoms with Crippen LogP contribution in [-0.4, -0.2) is 54.1 Å². The Morgan fingerprint density at radius 1 is 1.14 bits per heavy atom. The molecule has 8 heteroatoms. The van der Waals surface area contributed by atoms with E-state index in [4.69, 9.17) is 19.2 Å². The number of Topliss-reactive ketones (excluding diaryl/α,β-unsaturated/α-hetero) is 1. The first kappa shape index (κ1) is 21.0. The lowest BCUT2D eigenvalue weighted by atomic mass is 9.87. The summed E-state index contributed by atoms with van der Waals surface area (Å²) in [6.07, 6.45) is 5.33. The molecule has 7 nitrogen and oxygen atoms in total. The van der Waals surface area contributed by atoms with E-state index in [0.717, 1.165) is 11.3 Å². The number of nitrogens with one attached hydrogen (secondary N) is 1. The Kier molecular flexibility index (Phi) is 6.02. The van der Waals surface area contributed by atoms with Crippen molar-refractivity contribution in [2.75, 3.05) is 33.3 Å². The van der Waals surface area contributed by atoms with Gasteiger partial charge in [-0.25, -0.2) is 9.97 Å². The van der Waals surface area contributed by atoms with Gasteiger partial charge < -0.3 is 19.2 Å². The highest BCUT2D eigenvalue weighted by Gasteiger charge is 2.30. The van der Waals surface area contributed by atoms with E-state index in [-0.39, 0.29) is 5.78 Å². The first-order valence-electron chi connectivity index (χ1n) is 9.04. The van der Waals surface area contributed by atoms with Gasteiger partial charge in [-0.3, -0.25) is 4.79 Å². The van der Waals surface area contributed by atoms with Gasteiger partial charge in [0.25, 0.3) is 0 Å². The van der Waals surface area contributed by atoms with Gasteiger partial charge in [0, 0.05) is 22.9 Å². The van der Waals surface area contributed by atoms with Crippen molar-refractivity contribution in [3.05, 3.63) is 30.1 Å². The van der Waals surface area contributed by atoms with E-state index in [2.05, 4.69) is 9.97 Å². The second-order valence-electron chi connectivity index (χ2n) is 7.21. The standard InChI is InChI=1S/C21H25N3O4S/c1-21(2,11-29-6)19(25)13-9-22-20-17(13)24-14(10-23-20)12-7-15(26-3)18(28-5)16(8-12)27-4/h7-10H,11H2,1-6H3,(H,22,23). The van der Waals surface area contributed by atoms with Crippen molar-refractivity contribution >= 4 is 28.7 Å². The maximum absolute atomic E-state index is 13.1. The van der Waals surface area contributed by atoms with Crippen molar-refractivity contribution in [3.8, 4) is 28.5 Å². The summed E-state index contributed by atoms with van der Waals surface area (Å²) in [4.78, 5) is 25.3. The fourth-order valence-electron chi connectivity index (χ4n) is 3.22. The molecule has 0 unspecified atom stereocenters. The molecular weight excluding hydrogens is 390 g/mol. The summed E-state index contributed by atoms with van der Waals surface area (Å²) >= 11 is 1.64. The molecule has 0 aliphatic rings. The molecule has 0 fully saturated rings. The van der Waals surface area contributed by atoms with Crippen LogP contribution < -0.4 is 14.2 Å². The lowest BCUT2D eigenvalue weighted by Crippen LogP contribution is -2.26. The minimum absolute atomic E-state index is 0.0365. The summed E-state index contributed by atoms with van der Waals surface area (Å²) in [6, 6.07) is 3.62. The normalized spacial score (nSPS) is 11.5. The van der Waals surface area contributed by atoms with Crippen molar-refractivity contribution in [2.24, 2.45) is 5.41 Å². The Morgan fingerprint density at radius 2 is 1.79 bits per heavy atom. The molecule has 0 aliphatic heterocycles. The number of H-pyrrole nitrogens is 1. The molecule has 1 aromatic carbocycles. The Morgan fingerprint density at radius 3 is 2.34 bits per heavy atom. The third-order valence-corrected chi connectivity index (χ3v) is 5.72. The van der Waals surface area contributed by atoms with E-state index < -0.39 is 5.41 Å². The van der Waals surface area contributed by atoms with Gasteiger partial charge in [0.1, 0.15) is 5.52 Å². The fourth-order valence-corrected chi connectivity index (χ4v) is 4.08. The monoisotopic (exact) mass is 415 g/mol. The summed E-state index contributed by atoms with van der Waals surface area (Å²) in [7, 11) is 4.68. The predicted molar refractivity (Wildman–Crippen MR) is 115 cm³/mol. The van der Waals surface area contributed by atoms with Crippen LogP contribution in [0.15, 0.2) is 24.5 Å². The summed E-state index contributed by atoms with van der Waals surface area (Å²) < 4.78 is 16.2. The van der Waals surface area contributed by atoms with Crippen molar-refractivity contribution < 1.29 is 19.0 Å². The molecule has 0 spiro atoms. The molecule has 29 heavy (non-hydrogen) atoms. The van der Waals surface area contributed by atoms with E-state index in [1.807, 2.05) is 32.2 Å². The largest absolute Gasteiger partial charge is 0.493 e. The van der Waals surface area contributed by atoms with E-state index in [9.17, 15) is 4.79 Å². The highest BCUT2D eigenvalue weighted by atomic mass is 32.2. The average Bonchev–Trinajstić information content (AvgIpc) is 3.14. The highest BCUT2D eigenvalue weighted by molar-refractivity contribution is 7.98. The van der Waals surface area contributed by atoms with Gasteiger partial charge in [0.05, 0.1) is 38.8 Å². The van der Waals surface area contributed by atoms with Crippen LogP contribution in [0.4, 0.5) is 0 Å². The van der Waals surface area contributed by atoms with Crippen LogP contribution in [0.1, 0.15) is 24.2 Å². The second-order valence-corrected chi connectivity index (χ2v) is 8.08. The van der Waals surface area contributed by atoms with Gasteiger partial charge in [-0.15, -0.1) is 0 Å². The first-order chi connectivity index (χ1) is 13.9. The van der Waals surface area contributed by atoms with Crippen LogP contribution in [0, 0.1) is 5.41 Å². The first-order valence-corrected chi connectivity index (χ1v) is 10.4. The molecule has 0 aliphatic carbocycles. The number of benzene rings is 1. The molecule has 2 aromatic heterocycles. The minimum atomic E-state index is -0.501. The molecular formula is C21H25N3O4S. The number of hydrogen-bond donors (Lipinski definition) is 1. The zero-order valence-electron chi connectivity index (χ0n) is 17.5. The third kappa shape index (κ3) is 3.89. The molecule has 3 aromatic rings. The Bertz CT molecular complexity index is 1020. The predicted octanol–water partition coefficient (Wildman–Crippen LogP) is 4.22. The summed E-state index contributed by atoms with van der Waals surface area (Å²) in [5, 5.41) is 0. The number of carbonyl (C=O) groups excluding carboxylic acids is 1. The molecule has 0 saturated carbocycles. The fraction of sp³-hybridized carbons (Fsp3) is 0.381. The molecule has 2 heterocycles. The van der Waals surface area contributed by atoms with E-state index in [1.54, 1.807) is 45.5 Å². The number of fused-ring (bicyclic) bond motifs is 1. The highest BCUT2D eigenvalue weighted by Crippen LogP contribution is 2.41. The smallest absolute Gasteiger partial charge is 0.203 e. The number of carbonyl (C=O) groups is 1. The number of rotatable bonds is 8. The Labute approximate surface area is 174 Å². The molecule has 0 radical (unpaired) electrons. The number of hydrogen-bond acceptors (Lipinski definition) is 7. The molecule has 0 bridgehead atoms. The summed E-state index contributed by atoms with van der Waals surface area (Å²) in [5.41, 5.74) is 2.52. The van der Waals surface area contributed by atoms with Gasteiger partial charge in [-0.1, -0.05) is 13.8 Å². The molecule has 0 atom stereocenters. The topological polar surface area (TPSA) is 86.3 Å². The van der Waals surface area contributed by atoms with Crippen LogP contribution in [-0.2, 0) is 0 Å². The summed E-state index contributed by atoms with van der Waals surface area (Å²) in [5.74, 6) is 2.31. The van der Waals surface area contributed by atoms with Crippen molar-refractivity contribution in [1.29, 1.82) is 0 Å². The second kappa shape index (κ2) is 8.32. The van der Waals surface area contributed by atoms with E-state index >= 15 is 0 Å². The van der Waals surface area contributed by atoms with Gasteiger partial charge in [-0.05, 0) is 18.4 Å². The maximum atomic E-state index is 13.1. The van der Waals surface area contributed by atoms with E-state index in [1.165, 1.54) is 0 Å². The van der Waals surface area contributed by atoms with Gasteiger partial charge in [0.2, 0.25) is 5.75 Å². The zero-order valence-corrected chi connectivity index (χ0v) is 18.3. The molecule has 1 N–H and O–H groups in total. The van der Waals surface area contributed by atoms with Crippen LogP contribution in [0.25, 0.3) is 22.4 Å². The molecule has 3 rings (SSSR count). The maximum Gasteiger partial charge on any atom is 0.203 e. The zero-order chi connectivity index (χ0) is 21.2. The lowest BCUT2D eigenvalue weighted by Gasteiger charge is -2.21. The molecule has 154 valence electrons. The van der Waals surface area contributed by atoms with Gasteiger partial charge in [0.15, 0.2) is 22.9 Å². The minimum Gasteiger partial charge on any atom is -0.493 e. The van der Waals surface area contributed by atoms with Crippen molar-refractivity contribution in [2.45, 2.75) is 13.8 Å². The number of nitrogens with zero attached hydrogens (tertiary/aromatic N) is 2. The van der Waals surface area contributed by atoms with Crippen molar-refractivity contribution in [3.63, 3.8) is 0 Å². The van der Waals surface area contributed by atoms with Gasteiger partial charge in [-0.2, -0.15) is 11.8 Å². The quantitative estimate of drug-likeness (QED) is 0.551. The van der Waals surface area contributed by atoms with Gasteiger partial charge >= 0.3 is 0 Å². The number of thioether (sulfide) groups is 1. The lowest BCUT2D eigenvalue weighted by molar-refractivity contribution is 0.0865. The summed E-state index contributed by atoms with van der Waals surface area (Å²) in [6.45, 7) is 3.89. The third-order valence-electron chi connectivity index (χ3n) is 4.71. The Balaban J connectivity index is 2.12. The number of methoxy groups -OCH3 is 3. The van der Waals surface area contributed by atoms with Crippen LogP contribution in [0.3, 0.4) is 0 Å². The van der Waals surface area contributed by atoms with Crippen LogP contribution >= 0.6 is 11.8 Å². The number of ether oxygens (including phenoxy) is 3. The number of aromatic amines is 1. The SMILES string of the molecule is COc1cc(-c2cnc3[nH]cc(C(=O)C(C)(C)CSC)c3n2)cc(OC)c1OC. The molecule has 0 saturated heterocycles. The number of aromatic nitrogens is 3. The average molecular weight is 416 g/mol. The van der Waals surface area contributed by atoms with E-state index in [0.29, 0.717) is 39.7 Å².